The second-order valence-corrected chi connectivity index (χ2v) is 35.1. The maximum atomic E-state index is 6.22. The Balaban J connectivity index is 0.000000173. The Morgan fingerprint density at radius 1 is 0.340 bits per heavy atom. The number of likely N-dealkylation sites (N-methyl/N-ethyl adjacent to an activating group) is 2. The van der Waals surface area contributed by atoms with Crippen molar-refractivity contribution in [3.63, 3.8) is 0 Å². The first-order valence-electron chi connectivity index (χ1n) is 35.8. The second kappa shape index (κ2) is 36.8. The highest BCUT2D eigenvalue weighted by Gasteiger charge is 2.33. The van der Waals surface area contributed by atoms with Gasteiger partial charge in [0.05, 0.1) is 97.6 Å². The van der Waals surface area contributed by atoms with Gasteiger partial charge in [0, 0.05) is 45.6 Å². The van der Waals surface area contributed by atoms with E-state index in [4.69, 9.17) is 97.2 Å². The Kier molecular flexibility index (Phi) is 30.0. The number of hydrogen-bond donors (Lipinski definition) is 12. The quantitative estimate of drug-likeness (QED) is 0.0536. The highest BCUT2D eigenvalue weighted by atomic mass is 32.2. The van der Waals surface area contributed by atoms with Crippen LogP contribution in [0.3, 0.4) is 0 Å². The van der Waals surface area contributed by atoms with Crippen LogP contribution >= 0.6 is 70.6 Å². The minimum Gasteiger partial charge on any atom is -0.489 e. The normalized spacial score (nSPS) is 18.7. The van der Waals surface area contributed by atoms with Crippen LogP contribution < -0.4 is 97.2 Å². The van der Waals surface area contributed by atoms with Gasteiger partial charge in [-0.3, -0.25) is 0 Å². The average molecular weight is 1530 g/mol. The standard InChI is InChI=1S/C15H25N3OS.C14H22N2OS.C13H21N3OS.2C12H18N2OS.C11H16N2OS/c1-5-18(6-2)7-11-8-20-15-13(17)10(4)9(3)12(16)14(15)19-11;1-4-5-6-10-7-17-13-11(15)8(2)9(3)12(16)14(13)18-10;1-7-8(2)11(15)13-12(10(7)14)17-9(6-18-13)5-16(3)4;2*1-4-8-5-15-11-9(13)6(2)7(3)10(14)12(11)16-8;1-5-4-14-10-8(12)6(2)7(3)9(13)11(10)15-5/h11H,5-8,16-17H2,1-4H3;10H,4-7,15-16H2,1-3H3;9H,5-6,14-15H2,1-4H3;2*8H,4-5,13-14H2,1-3H3;5H,4,12-13H2,1-3H3. The molecule has 0 spiro atoms. The van der Waals surface area contributed by atoms with Crippen LogP contribution in [0.15, 0.2) is 29.4 Å². The number of ether oxygens (including phenoxy) is 6. The van der Waals surface area contributed by atoms with Crippen molar-refractivity contribution < 1.29 is 28.4 Å². The molecule has 6 heterocycles. The van der Waals surface area contributed by atoms with Crippen LogP contribution in [0, 0.1) is 83.1 Å². The van der Waals surface area contributed by atoms with Crippen molar-refractivity contribution in [2.24, 2.45) is 0 Å². The van der Waals surface area contributed by atoms with E-state index in [2.05, 4.69) is 51.3 Å². The third-order valence-electron chi connectivity index (χ3n) is 20.4. The number of fused-ring (bicyclic) bond motifs is 6. The van der Waals surface area contributed by atoms with Gasteiger partial charge in [0.2, 0.25) is 0 Å². The van der Waals surface area contributed by atoms with Gasteiger partial charge in [0.25, 0.3) is 0 Å². The molecule has 0 saturated carbocycles. The number of thioether (sulfide) groups is 6. The zero-order valence-corrected chi connectivity index (χ0v) is 69.7. The van der Waals surface area contributed by atoms with Crippen molar-refractivity contribution in [3.8, 4) is 34.5 Å². The minimum absolute atomic E-state index is 0.168. The number of nitrogens with zero attached hydrogens (tertiary/aromatic N) is 2. The van der Waals surface area contributed by atoms with Crippen molar-refractivity contribution in [1.29, 1.82) is 0 Å². The van der Waals surface area contributed by atoms with Gasteiger partial charge in [-0.15, -0.1) is 70.6 Å². The zero-order chi connectivity index (χ0) is 76.5. The van der Waals surface area contributed by atoms with E-state index >= 15 is 0 Å². The molecule has 6 aliphatic heterocycles. The van der Waals surface area contributed by atoms with E-state index in [1.165, 1.54) is 19.3 Å². The lowest BCUT2D eigenvalue weighted by atomic mass is 10.0. The van der Waals surface area contributed by atoms with E-state index in [9.17, 15) is 0 Å². The largest absolute Gasteiger partial charge is 0.489 e. The van der Waals surface area contributed by atoms with Crippen LogP contribution in [0.25, 0.3) is 0 Å². The molecule has 0 bridgehead atoms. The number of nitrogen functional groups attached to an aromatic ring is 12. The molecular formula is C77H120N14O6S6. The highest BCUT2D eigenvalue weighted by Crippen LogP contribution is 2.54. The number of anilines is 12. The van der Waals surface area contributed by atoms with E-state index in [0.717, 1.165) is 269 Å². The Morgan fingerprint density at radius 3 is 0.922 bits per heavy atom. The first kappa shape index (κ1) is 84.0. The van der Waals surface area contributed by atoms with Gasteiger partial charge in [-0.2, -0.15) is 0 Å². The summed E-state index contributed by atoms with van der Waals surface area (Å²) in [6.07, 6.45) is 6.13. The predicted octanol–water partition coefficient (Wildman–Crippen LogP) is 15.9. The van der Waals surface area contributed by atoms with Crippen molar-refractivity contribution >= 4 is 139 Å². The van der Waals surface area contributed by atoms with Crippen LogP contribution in [-0.2, 0) is 0 Å². The number of rotatable bonds is 11. The number of hydrogen-bond acceptors (Lipinski definition) is 26. The maximum absolute atomic E-state index is 6.22. The Bertz CT molecular complexity index is 3940. The van der Waals surface area contributed by atoms with Gasteiger partial charge in [0.1, 0.15) is 38.6 Å². The molecule has 0 fully saturated rings. The molecule has 6 aliphatic rings. The van der Waals surface area contributed by atoms with Crippen LogP contribution in [-0.4, -0.2) is 121 Å². The van der Waals surface area contributed by atoms with E-state index < -0.39 is 0 Å². The van der Waals surface area contributed by atoms with Crippen LogP contribution in [0.4, 0.5) is 68.2 Å². The molecule has 570 valence electrons. The fraction of sp³-hybridized carbons (Fsp3) is 0.532. The Morgan fingerprint density at radius 2 is 0.612 bits per heavy atom. The molecule has 12 rings (SSSR count). The molecule has 6 unspecified atom stereocenters. The summed E-state index contributed by atoms with van der Waals surface area (Å²) in [4.78, 5) is 10.6. The van der Waals surface area contributed by atoms with Gasteiger partial charge >= 0.3 is 0 Å². The van der Waals surface area contributed by atoms with E-state index in [0.29, 0.717) is 27.6 Å². The molecule has 0 radical (unpaired) electrons. The fourth-order valence-electron chi connectivity index (χ4n) is 12.2. The summed E-state index contributed by atoms with van der Waals surface area (Å²) >= 11 is 10.7. The Labute approximate surface area is 640 Å². The lowest BCUT2D eigenvalue weighted by molar-refractivity contribution is 0.151. The van der Waals surface area contributed by atoms with Crippen LogP contribution in [0.2, 0.25) is 0 Å². The summed E-state index contributed by atoms with van der Waals surface area (Å²) in [5.41, 5.74) is 95.6. The van der Waals surface area contributed by atoms with Gasteiger partial charge in [-0.1, -0.05) is 47.5 Å². The minimum atomic E-state index is 0.168. The lowest BCUT2D eigenvalue weighted by Crippen LogP contribution is -2.38. The first-order chi connectivity index (χ1) is 48.6. The van der Waals surface area contributed by atoms with E-state index in [1.807, 2.05) is 109 Å². The molecule has 0 aliphatic carbocycles. The molecule has 24 N–H and O–H groups in total. The van der Waals surface area contributed by atoms with Crippen LogP contribution in [0.5, 0.6) is 34.5 Å². The van der Waals surface area contributed by atoms with Crippen LogP contribution in [0.1, 0.15) is 140 Å². The highest BCUT2D eigenvalue weighted by molar-refractivity contribution is 8.01. The first-order valence-corrected chi connectivity index (χ1v) is 41.3. The number of nitrogens with two attached hydrogens (primary N) is 12. The lowest BCUT2D eigenvalue weighted by Gasteiger charge is -2.32. The van der Waals surface area contributed by atoms with Crippen molar-refractivity contribution in [3.05, 3.63) is 66.8 Å². The molecule has 6 atom stereocenters. The SMILES string of the molecule is CCC1COc2c(N)c(C)c(C)c(N)c2S1.CCC1COc2c(N)c(C)c(C)c(N)c2S1.CCCCC1COc2c(N)c(C)c(C)c(N)c2S1.CCN(CC)CC1CSc2c(N)c(C)c(C)c(N)c2O1.Cc1c(C)c(N)c2c(c1N)OC(CN(C)C)CS2.Cc1c(C)c(N)c2c(c1N)OCC(C)S2. The third-order valence-corrected chi connectivity index (χ3v) is 28.3. The number of benzene rings is 6. The predicted molar refractivity (Wildman–Crippen MR) is 451 cm³/mol. The molecule has 6 aromatic rings. The number of unbranched alkanes of at least 4 members (excludes halogenated alkanes) is 1. The maximum Gasteiger partial charge on any atom is 0.158 e. The molecule has 0 amide bonds. The molecule has 6 aromatic carbocycles. The van der Waals surface area contributed by atoms with Gasteiger partial charge in [-0.25, -0.2) is 0 Å². The summed E-state index contributed by atoms with van der Waals surface area (Å²) in [5.74, 6) is 6.56. The Hall–Kier alpha value is -6.26. The summed E-state index contributed by atoms with van der Waals surface area (Å²) in [6, 6.07) is 0. The van der Waals surface area contributed by atoms with Gasteiger partial charge in [0.15, 0.2) is 34.5 Å². The smallest absolute Gasteiger partial charge is 0.158 e. The van der Waals surface area contributed by atoms with E-state index in [-0.39, 0.29) is 12.2 Å². The third kappa shape index (κ3) is 18.8. The van der Waals surface area contributed by atoms with Gasteiger partial charge in [-0.05, 0) is 203 Å². The second-order valence-electron chi connectivity index (χ2n) is 27.6. The van der Waals surface area contributed by atoms with Crippen molar-refractivity contribution in [2.45, 2.75) is 219 Å². The molecular weight excluding hydrogens is 1410 g/mol. The molecule has 20 nitrogen and oxygen atoms in total. The summed E-state index contributed by atoms with van der Waals surface area (Å²) in [6.45, 7) is 43.8. The van der Waals surface area contributed by atoms with Crippen molar-refractivity contribution in [2.75, 3.05) is 147 Å². The van der Waals surface area contributed by atoms with Gasteiger partial charge < -0.3 is 107 Å². The molecule has 103 heavy (non-hydrogen) atoms. The summed E-state index contributed by atoms with van der Waals surface area (Å²) < 4.78 is 35.2. The zero-order valence-electron chi connectivity index (χ0n) is 64.8. The fourth-order valence-corrected chi connectivity index (χ4v) is 19.2. The monoisotopic (exact) mass is 1530 g/mol. The van der Waals surface area contributed by atoms with Crippen molar-refractivity contribution in [1.82, 2.24) is 9.80 Å². The molecule has 0 aromatic heterocycles. The average Bonchev–Trinajstić information content (AvgIpc) is 0.813. The molecule has 26 heteroatoms. The molecule has 0 saturated heterocycles. The van der Waals surface area contributed by atoms with E-state index in [1.54, 1.807) is 58.8 Å². The summed E-state index contributed by atoms with van der Waals surface area (Å²) in [5, 5.41) is 1.90. The topological polar surface area (TPSA) is 374 Å². The summed E-state index contributed by atoms with van der Waals surface area (Å²) in [7, 11) is 4.09.